The first-order valence-electron chi connectivity index (χ1n) is 13.3. The molecule has 9 nitrogen and oxygen atoms in total. The van der Waals surface area contributed by atoms with Gasteiger partial charge in [0.2, 0.25) is 0 Å². The Kier molecular flexibility index (Phi) is 11.0. The summed E-state index contributed by atoms with van der Waals surface area (Å²) < 4.78 is 6.52. The summed E-state index contributed by atoms with van der Waals surface area (Å²) in [6, 6.07) is 1.42. The Balaban J connectivity index is 2.09. The van der Waals surface area contributed by atoms with Crippen LogP contribution in [0.2, 0.25) is 0 Å². The van der Waals surface area contributed by atoms with Crippen molar-refractivity contribution in [3.8, 4) is 0 Å². The van der Waals surface area contributed by atoms with Crippen LogP contribution in [0.15, 0.2) is 22.8 Å². The number of allylic oxidation sites excluding steroid dienone is 1. The standard InChI is InChI=1S/C27H43N5O4S/c1-7-15(3)16(4)22(27-32-23-17(5)28-10-9-21(23)37-27)26(30-18(6)29-11-12-36-8-2)31-20-13-19(14-33)24(34)25(20)35/h9-10,15,18-20,24-25,29,33-35H,7-8,11-14H2,1-6H3,(H,30,31). The maximum absolute atomic E-state index is 10.8. The summed E-state index contributed by atoms with van der Waals surface area (Å²) in [4.78, 5) is 14.4. The predicted octanol–water partition coefficient (Wildman–Crippen LogP) is 2.88. The Morgan fingerprint density at radius 3 is 2.65 bits per heavy atom. The molecule has 0 bridgehead atoms. The number of aliphatic imine (C=N–C) groups is 1. The summed E-state index contributed by atoms with van der Waals surface area (Å²) in [7, 11) is 0. The highest BCUT2D eigenvalue weighted by molar-refractivity contribution is 7.19. The number of aryl methyl sites for hydroxylation is 1. The van der Waals surface area contributed by atoms with Gasteiger partial charge in [-0.15, -0.1) is 11.3 Å². The van der Waals surface area contributed by atoms with E-state index in [0.717, 1.165) is 38.5 Å². The number of aliphatic hydroxyl groups is 3. The van der Waals surface area contributed by atoms with Gasteiger partial charge in [0, 0.05) is 31.9 Å². The molecule has 1 fully saturated rings. The Hall–Kier alpha value is -1.95. The molecule has 1 aliphatic carbocycles. The van der Waals surface area contributed by atoms with Gasteiger partial charge >= 0.3 is 0 Å². The maximum Gasteiger partial charge on any atom is 0.132 e. The number of hydrogen-bond donors (Lipinski definition) is 5. The predicted molar refractivity (Wildman–Crippen MR) is 150 cm³/mol. The quantitative estimate of drug-likeness (QED) is 0.122. The molecular formula is C27H43N5O4S. The number of amidine groups is 1. The highest BCUT2D eigenvalue weighted by Crippen LogP contribution is 2.35. The van der Waals surface area contributed by atoms with Crippen LogP contribution in [0.1, 0.15) is 58.2 Å². The molecule has 0 aliphatic heterocycles. The number of aliphatic hydroxyl groups excluding tert-OH is 3. The number of ether oxygens (including phenoxy) is 1. The molecule has 0 amide bonds. The molecule has 2 aromatic rings. The van der Waals surface area contributed by atoms with E-state index >= 15 is 0 Å². The minimum absolute atomic E-state index is 0.145. The van der Waals surface area contributed by atoms with Crippen molar-refractivity contribution >= 4 is 33.0 Å². The molecule has 3 rings (SSSR count). The SMILES string of the molecule is CCOCCNC(C)NC(=NC1CC(CO)C(O)C1O)C(=C(C)C(C)CC)c1nc2c(C)nccc2s1. The van der Waals surface area contributed by atoms with Crippen LogP contribution in [0, 0.1) is 18.8 Å². The summed E-state index contributed by atoms with van der Waals surface area (Å²) in [6.07, 6.45) is 0.937. The number of rotatable bonds is 12. The number of thiazole rings is 1. The van der Waals surface area contributed by atoms with Crippen LogP contribution in [-0.2, 0) is 4.74 Å². The largest absolute Gasteiger partial charge is 0.396 e. The fraction of sp³-hybridized carbons (Fsp3) is 0.667. The fourth-order valence-corrected chi connectivity index (χ4v) is 5.72. The van der Waals surface area contributed by atoms with Gasteiger partial charge in [-0.1, -0.05) is 19.4 Å². The second-order valence-corrected chi connectivity index (χ2v) is 10.9. The first kappa shape index (κ1) is 29.6. The van der Waals surface area contributed by atoms with E-state index in [4.69, 9.17) is 14.7 Å². The lowest BCUT2D eigenvalue weighted by atomic mass is 9.94. The lowest BCUT2D eigenvalue weighted by molar-refractivity contribution is 0.00318. The second kappa shape index (κ2) is 13.7. The zero-order valence-electron chi connectivity index (χ0n) is 22.9. The minimum atomic E-state index is -1.05. The smallest absolute Gasteiger partial charge is 0.132 e. The Morgan fingerprint density at radius 2 is 2.03 bits per heavy atom. The average Bonchev–Trinajstić information content (AvgIpc) is 3.43. The lowest BCUT2D eigenvalue weighted by Gasteiger charge is -2.24. The van der Waals surface area contributed by atoms with Gasteiger partial charge in [0.25, 0.3) is 0 Å². The van der Waals surface area contributed by atoms with Crippen LogP contribution in [0.3, 0.4) is 0 Å². The summed E-state index contributed by atoms with van der Waals surface area (Å²) in [6.45, 7) is 14.1. The third-order valence-electron chi connectivity index (χ3n) is 7.24. The number of hydrogen-bond acceptors (Lipinski definition) is 9. The van der Waals surface area contributed by atoms with Crippen molar-refractivity contribution < 1.29 is 20.1 Å². The van der Waals surface area contributed by atoms with Crippen LogP contribution < -0.4 is 10.6 Å². The Bertz CT molecular complexity index is 1090. The number of nitrogens with one attached hydrogen (secondary N) is 2. The molecular weight excluding hydrogens is 490 g/mol. The van der Waals surface area contributed by atoms with Gasteiger partial charge < -0.3 is 25.4 Å². The summed E-state index contributed by atoms with van der Waals surface area (Å²) in [5.41, 5.74) is 3.79. The topological polar surface area (TPSA) is 132 Å². The third-order valence-corrected chi connectivity index (χ3v) is 8.28. The van der Waals surface area contributed by atoms with Crippen molar-refractivity contribution in [2.24, 2.45) is 16.8 Å². The van der Waals surface area contributed by atoms with Gasteiger partial charge in [0.05, 0.1) is 40.9 Å². The summed E-state index contributed by atoms with van der Waals surface area (Å²) in [5, 5.41) is 38.7. The molecule has 206 valence electrons. The molecule has 37 heavy (non-hydrogen) atoms. The van der Waals surface area contributed by atoms with E-state index in [2.05, 4.69) is 36.4 Å². The van der Waals surface area contributed by atoms with Gasteiger partial charge in [-0.2, -0.15) is 0 Å². The van der Waals surface area contributed by atoms with E-state index in [9.17, 15) is 15.3 Å². The van der Waals surface area contributed by atoms with Crippen LogP contribution in [-0.4, -0.2) is 81.9 Å². The van der Waals surface area contributed by atoms with Crippen molar-refractivity contribution in [2.45, 2.75) is 78.8 Å². The van der Waals surface area contributed by atoms with Gasteiger partial charge in [0.15, 0.2) is 0 Å². The van der Waals surface area contributed by atoms with Crippen molar-refractivity contribution in [1.29, 1.82) is 0 Å². The molecule has 0 spiro atoms. The molecule has 1 aliphatic rings. The van der Waals surface area contributed by atoms with Crippen molar-refractivity contribution in [3.63, 3.8) is 0 Å². The van der Waals surface area contributed by atoms with Crippen LogP contribution in [0.5, 0.6) is 0 Å². The molecule has 2 heterocycles. The number of nitrogens with zero attached hydrogens (tertiary/aromatic N) is 3. The molecule has 6 atom stereocenters. The van der Waals surface area contributed by atoms with Crippen LogP contribution >= 0.6 is 11.3 Å². The zero-order chi connectivity index (χ0) is 27.1. The average molecular weight is 534 g/mol. The molecule has 0 radical (unpaired) electrons. The van der Waals surface area contributed by atoms with Gasteiger partial charge in [-0.3, -0.25) is 15.3 Å². The van der Waals surface area contributed by atoms with E-state index in [1.54, 1.807) is 17.5 Å². The van der Waals surface area contributed by atoms with E-state index in [1.165, 1.54) is 0 Å². The first-order chi connectivity index (χ1) is 17.7. The first-order valence-corrected chi connectivity index (χ1v) is 14.1. The molecule has 2 aromatic heterocycles. The monoisotopic (exact) mass is 533 g/mol. The molecule has 5 N–H and O–H groups in total. The number of pyridine rings is 1. The van der Waals surface area contributed by atoms with E-state index in [1.807, 2.05) is 26.8 Å². The van der Waals surface area contributed by atoms with Crippen LogP contribution in [0.25, 0.3) is 15.8 Å². The zero-order valence-corrected chi connectivity index (χ0v) is 23.7. The molecule has 0 aromatic carbocycles. The normalized spacial score (nSPS) is 24.8. The van der Waals surface area contributed by atoms with Gasteiger partial charge in [0.1, 0.15) is 22.5 Å². The molecule has 0 saturated heterocycles. The molecule has 6 unspecified atom stereocenters. The fourth-order valence-electron chi connectivity index (χ4n) is 4.59. The van der Waals surface area contributed by atoms with Crippen molar-refractivity contribution in [1.82, 2.24) is 20.6 Å². The van der Waals surface area contributed by atoms with Crippen molar-refractivity contribution in [3.05, 3.63) is 28.5 Å². The molecule has 10 heteroatoms. The number of fused-ring (bicyclic) bond motifs is 1. The second-order valence-electron chi connectivity index (χ2n) is 9.85. The number of aromatic nitrogens is 2. The third kappa shape index (κ3) is 7.13. The Morgan fingerprint density at radius 1 is 1.27 bits per heavy atom. The highest BCUT2D eigenvalue weighted by Gasteiger charge is 2.41. The van der Waals surface area contributed by atoms with E-state index in [-0.39, 0.29) is 18.7 Å². The van der Waals surface area contributed by atoms with Crippen molar-refractivity contribution in [2.75, 3.05) is 26.4 Å². The summed E-state index contributed by atoms with van der Waals surface area (Å²) >= 11 is 1.60. The Labute approximate surface area is 224 Å². The van der Waals surface area contributed by atoms with Crippen LogP contribution in [0.4, 0.5) is 0 Å². The van der Waals surface area contributed by atoms with E-state index in [0.29, 0.717) is 32.0 Å². The molecule has 1 saturated carbocycles. The highest BCUT2D eigenvalue weighted by atomic mass is 32.1. The lowest BCUT2D eigenvalue weighted by Crippen LogP contribution is -2.45. The van der Waals surface area contributed by atoms with Gasteiger partial charge in [-0.05, 0) is 52.5 Å². The van der Waals surface area contributed by atoms with Gasteiger partial charge in [-0.25, -0.2) is 4.98 Å². The van der Waals surface area contributed by atoms with E-state index < -0.39 is 24.2 Å². The minimum Gasteiger partial charge on any atom is -0.396 e. The summed E-state index contributed by atoms with van der Waals surface area (Å²) in [5.74, 6) is 0.485. The maximum atomic E-state index is 10.8.